The van der Waals surface area contributed by atoms with Gasteiger partial charge in [0.05, 0.1) is 5.56 Å². The molecule has 0 bridgehead atoms. The Bertz CT molecular complexity index is 599. The molecule has 2 aromatic rings. The fraction of sp³-hybridized carbons (Fsp3) is 0.0667. The molecule has 4 N–H and O–H groups in total. The molecule has 0 aliphatic heterocycles. The van der Waals surface area contributed by atoms with E-state index in [2.05, 4.69) is 10.5 Å². The molecule has 0 fully saturated rings. The maximum Gasteiger partial charge on any atom is 0.221 e. The van der Waals surface area contributed by atoms with E-state index in [-0.39, 0.29) is 5.11 Å². The number of nitrogens with one attached hydrogen (secondary N) is 2. The summed E-state index contributed by atoms with van der Waals surface area (Å²) in [4.78, 5) is 0. The first-order chi connectivity index (χ1) is 9.75. The topological polar surface area (TPSA) is 61.2 Å². The standard InChI is InChI=1S/C15H15N3OS/c16-15(20)18-17-10-13-8-4-5-9-14(13)19-11-12-6-2-1-3-7-12/h1-10H,11H2,(H3,16,18,20)/p+1. The van der Waals surface area contributed by atoms with E-state index in [4.69, 9.17) is 22.7 Å². The summed E-state index contributed by atoms with van der Waals surface area (Å²) < 4.78 is 5.82. The first-order valence-electron chi connectivity index (χ1n) is 6.15. The second-order valence-electron chi connectivity index (χ2n) is 4.09. The van der Waals surface area contributed by atoms with Crippen molar-refractivity contribution in [3.05, 3.63) is 65.7 Å². The van der Waals surface area contributed by atoms with Gasteiger partial charge in [-0.2, -0.15) is 0 Å². The van der Waals surface area contributed by atoms with Crippen LogP contribution in [0.3, 0.4) is 0 Å². The normalized spacial score (nSPS) is 10.4. The zero-order chi connectivity index (χ0) is 14.2. The Morgan fingerprint density at radius 2 is 1.85 bits per heavy atom. The summed E-state index contributed by atoms with van der Waals surface area (Å²) in [6.07, 6.45) is 1.75. The van der Waals surface area contributed by atoms with E-state index in [0.29, 0.717) is 6.61 Å². The fourth-order valence-corrected chi connectivity index (χ4v) is 1.71. The number of nitrogens with two attached hydrogens (primary N) is 1. The van der Waals surface area contributed by atoms with E-state index in [1.165, 1.54) is 0 Å². The molecule has 20 heavy (non-hydrogen) atoms. The van der Waals surface area contributed by atoms with Gasteiger partial charge in [0.25, 0.3) is 0 Å². The first-order valence-corrected chi connectivity index (χ1v) is 6.56. The summed E-state index contributed by atoms with van der Waals surface area (Å²) in [6, 6.07) is 17.7. The Morgan fingerprint density at radius 3 is 2.60 bits per heavy atom. The highest BCUT2D eigenvalue weighted by Crippen LogP contribution is 2.16. The van der Waals surface area contributed by atoms with Gasteiger partial charge in [-0.15, -0.1) is 10.5 Å². The summed E-state index contributed by atoms with van der Waals surface area (Å²) in [5.74, 6) is 0.786. The lowest BCUT2D eigenvalue weighted by Gasteiger charge is -2.07. The van der Waals surface area contributed by atoms with Gasteiger partial charge in [-0.1, -0.05) is 42.5 Å². The van der Waals surface area contributed by atoms with Gasteiger partial charge in [-0.3, -0.25) is 0 Å². The molecular formula is C15H16N3OS+. The Hall–Kier alpha value is -2.40. The van der Waals surface area contributed by atoms with Gasteiger partial charge in [0.15, 0.2) is 0 Å². The molecule has 0 atom stereocenters. The summed E-state index contributed by atoms with van der Waals surface area (Å²) >= 11 is 4.71. The monoisotopic (exact) mass is 286 g/mol. The van der Waals surface area contributed by atoms with Crippen LogP contribution < -0.4 is 21.0 Å². The van der Waals surface area contributed by atoms with E-state index >= 15 is 0 Å². The highest BCUT2D eigenvalue weighted by molar-refractivity contribution is 7.80. The summed E-state index contributed by atoms with van der Waals surface area (Å²) in [5, 5.41) is 3.00. The number of hydrogen-bond acceptors (Lipinski definition) is 2. The molecule has 4 nitrogen and oxygen atoms in total. The number of benzene rings is 2. The Morgan fingerprint density at radius 1 is 1.15 bits per heavy atom. The summed E-state index contributed by atoms with van der Waals surface area (Å²) in [5.41, 5.74) is 10.0. The third-order valence-electron chi connectivity index (χ3n) is 2.58. The van der Waals surface area contributed by atoms with Crippen molar-refractivity contribution in [2.24, 2.45) is 5.73 Å². The molecule has 0 unspecified atom stereocenters. The van der Waals surface area contributed by atoms with Crippen molar-refractivity contribution in [2.75, 3.05) is 0 Å². The molecule has 102 valence electrons. The van der Waals surface area contributed by atoms with E-state index in [1.807, 2.05) is 54.6 Å². The van der Waals surface area contributed by atoms with E-state index in [9.17, 15) is 0 Å². The number of rotatable bonds is 5. The number of hydrogen-bond donors (Lipinski definition) is 3. The lowest BCUT2D eigenvalue weighted by molar-refractivity contribution is -0.499. The van der Waals surface area contributed by atoms with Crippen molar-refractivity contribution >= 4 is 23.5 Å². The molecule has 0 saturated heterocycles. The van der Waals surface area contributed by atoms with Crippen LogP contribution >= 0.6 is 12.2 Å². The Kier molecular flexibility index (Phi) is 5.08. The molecule has 0 amide bonds. The van der Waals surface area contributed by atoms with Crippen molar-refractivity contribution in [3.63, 3.8) is 0 Å². The molecule has 0 aliphatic carbocycles. The molecule has 5 heteroatoms. The van der Waals surface area contributed by atoms with Crippen LogP contribution in [0.1, 0.15) is 11.1 Å². The minimum Gasteiger partial charge on any atom is -0.488 e. The molecule has 0 radical (unpaired) electrons. The number of thiocarbonyl (C=S) groups is 1. The molecule has 2 aromatic carbocycles. The molecular weight excluding hydrogens is 270 g/mol. The second kappa shape index (κ2) is 7.25. The Labute approximate surface area is 123 Å². The van der Waals surface area contributed by atoms with Gasteiger partial charge >= 0.3 is 0 Å². The third kappa shape index (κ3) is 4.37. The number of hydrazone groups is 1. The van der Waals surface area contributed by atoms with Gasteiger partial charge < -0.3 is 10.5 Å². The van der Waals surface area contributed by atoms with E-state index in [0.717, 1.165) is 16.9 Å². The SMILES string of the molecule is NC(=S)N[NH+]=Cc1ccccc1OCc1ccccc1. The number of ether oxygens (including phenoxy) is 1. The predicted molar refractivity (Wildman–Crippen MR) is 83.3 cm³/mol. The maximum absolute atomic E-state index is 5.82. The second-order valence-corrected chi connectivity index (χ2v) is 4.53. The fourth-order valence-electron chi connectivity index (χ4n) is 1.65. The molecule has 0 aliphatic rings. The highest BCUT2D eigenvalue weighted by Gasteiger charge is 2.03. The van der Waals surface area contributed by atoms with Crippen molar-refractivity contribution in [1.82, 2.24) is 5.43 Å². The maximum atomic E-state index is 5.82. The van der Waals surface area contributed by atoms with Gasteiger partial charge in [0.2, 0.25) is 11.3 Å². The van der Waals surface area contributed by atoms with Crippen LogP contribution in [0.4, 0.5) is 0 Å². The van der Waals surface area contributed by atoms with Crippen LogP contribution in [0.15, 0.2) is 54.6 Å². The first kappa shape index (κ1) is 14.0. The predicted octanol–water partition coefficient (Wildman–Crippen LogP) is 0.513. The average Bonchev–Trinajstić information content (AvgIpc) is 2.47. The van der Waals surface area contributed by atoms with Gasteiger partial charge in [-0.05, 0) is 29.9 Å². The van der Waals surface area contributed by atoms with Gasteiger partial charge in [-0.25, -0.2) is 0 Å². The zero-order valence-electron chi connectivity index (χ0n) is 10.9. The lowest BCUT2D eigenvalue weighted by atomic mass is 10.2. The number of hydrazine groups is 1. The molecule has 2 rings (SSSR count). The lowest BCUT2D eigenvalue weighted by Crippen LogP contribution is -2.82. The van der Waals surface area contributed by atoms with Gasteiger partial charge in [0, 0.05) is 0 Å². The minimum atomic E-state index is 0.184. The van der Waals surface area contributed by atoms with Crippen molar-refractivity contribution in [2.45, 2.75) is 6.61 Å². The van der Waals surface area contributed by atoms with E-state index < -0.39 is 0 Å². The minimum absolute atomic E-state index is 0.184. The van der Waals surface area contributed by atoms with Crippen molar-refractivity contribution in [3.8, 4) is 5.75 Å². The number of para-hydroxylation sites is 1. The smallest absolute Gasteiger partial charge is 0.221 e. The molecule has 0 aromatic heterocycles. The van der Waals surface area contributed by atoms with Crippen LogP contribution in [-0.2, 0) is 6.61 Å². The Balaban J connectivity index is 2.04. The summed E-state index contributed by atoms with van der Waals surface area (Å²) in [7, 11) is 0. The van der Waals surface area contributed by atoms with Gasteiger partial charge in [0.1, 0.15) is 12.4 Å². The molecule has 0 spiro atoms. The quantitative estimate of drug-likeness (QED) is 0.426. The van der Waals surface area contributed by atoms with Crippen LogP contribution in [0, 0.1) is 0 Å². The van der Waals surface area contributed by atoms with Crippen LogP contribution in [0.5, 0.6) is 5.75 Å². The van der Waals surface area contributed by atoms with Crippen LogP contribution in [0.2, 0.25) is 0 Å². The van der Waals surface area contributed by atoms with Crippen molar-refractivity contribution in [1.29, 1.82) is 0 Å². The third-order valence-corrected chi connectivity index (χ3v) is 2.68. The average molecular weight is 286 g/mol. The van der Waals surface area contributed by atoms with Crippen LogP contribution in [0.25, 0.3) is 0 Å². The zero-order valence-corrected chi connectivity index (χ0v) is 11.7. The molecule has 0 saturated carbocycles. The van der Waals surface area contributed by atoms with Crippen molar-refractivity contribution < 1.29 is 9.84 Å². The van der Waals surface area contributed by atoms with E-state index in [1.54, 1.807) is 6.21 Å². The highest BCUT2D eigenvalue weighted by atomic mass is 32.1. The largest absolute Gasteiger partial charge is 0.488 e. The summed E-state index contributed by atoms with van der Waals surface area (Å²) in [6.45, 7) is 0.522. The molecule has 0 heterocycles. The van der Waals surface area contributed by atoms with Crippen LogP contribution in [-0.4, -0.2) is 11.3 Å².